The summed E-state index contributed by atoms with van der Waals surface area (Å²) in [5.41, 5.74) is -0.592. The summed E-state index contributed by atoms with van der Waals surface area (Å²) >= 11 is 0. The lowest BCUT2D eigenvalue weighted by atomic mass is 9.96. The Morgan fingerprint density at radius 2 is 1.02 bits per heavy atom. The van der Waals surface area contributed by atoms with Crippen LogP contribution in [0.3, 0.4) is 0 Å². The van der Waals surface area contributed by atoms with Gasteiger partial charge in [0.25, 0.3) is 0 Å². The molecule has 270 valence electrons. The average molecular weight is 719 g/mol. The van der Waals surface area contributed by atoms with Crippen molar-refractivity contribution >= 4 is 41.6 Å². The van der Waals surface area contributed by atoms with Crippen LogP contribution in [-0.2, 0) is 41.5 Å². The van der Waals surface area contributed by atoms with Gasteiger partial charge in [-0.25, -0.2) is 19.2 Å². The number of rotatable bonds is 13. The number of benzene rings is 4. The van der Waals surface area contributed by atoms with Gasteiger partial charge in [0.2, 0.25) is 12.2 Å². The first-order valence-electron chi connectivity index (χ1n) is 14.9. The third-order valence-corrected chi connectivity index (χ3v) is 7.35. The Morgan fingerprint density at radius 3 is 1.52 bits per heavy atom. The summed E-state index contributed by atoms with van der Waals surface area (Å²) in [5.74, 6) is -10.4. The van der Waals surface area contributed by atoms with Crippen LogP contribution in [0.5, 0.6) is 46.0 Å². The molecule has 0 heterocycles. The maximum absolute atomic E-state index is 13.7. The zero-order valence-electron chi connectivity index (χ0n) is 26.6. The van der Waals surface area contributed by atoms with E-state index in [1.165, 1.54) is 18.2 Å². The first-order chi connectivity index (χ1) is 24.5. The summed E-state index contributed by atoms with van der Waals surface area (Å²) in [4.78, 5) is 50.5. The van der Waals surface area contributed by atoms with Gasteiger partial charge in [-0.3, -0.25) is 0 Å². The standard InChI is InChI=1S/C36H30O16/c37-23-5-1-17(10-26(23)40)9-22(36(50)52-32(35(48)49)14-19-3-7-25(39)28(42)12-19)21-16-30(44)29(43)15-20(21)4-8-33(45)51-31(34(46)47)13-18-2-6-24(38)27(41)11-18/h1-12,15-16,31-32,37-44H,13-14H2,(H,46,47)(H,48,49). The summed E-state index contributed by atoms with van der Waals surface area (Å²) in [6.45, 7) is 0. The Balaban J connectivity index is 1.72. The number of aliphatic carboxylic acids is 2. The molecular weight excluding hydrogens is 688 g/mol. The van der Waals surface area contributed by atoms with Crippen LogP contribution in [0.2, 0.25) is 0 Å². The van der Waals surface area contributed by atoms with E-state index in [2.05, 4.69) is 0 Å². The predicted octanol–water partition coefficient (Wildman–Crippen LogP) is 3.36. The lowest BCUT2D eigenvalue weighted by Gasteiger charge is -2.18. The fraction of sp³-hybridized carbons (Fsp3) is 0.111. The van der Waals surface area contributed by atoms with Gasteiger partial charge in [-0.15, -0.1) is 0 Å². The maximum atomic E-state index is 13.7. The molecule has 0 radical (unpaired) electrons. The molecule has 0 saturated carbocycles. The fourth-order valence-corrected chi connectivity index (χ4v) is 4.72. The molecule has 2 atom stereocenters. The molecule has 16 heteroatoms. The van der Waals surface area contributed by atoms with E-state index < -0.39 is 100 Å². The zero-order valence-corrected chi connectivity index (χ0v) is 26.6. The molecule has 4 rings (SSSR count). The van der Waals surface area contributed by atoms with Crippen molar-refractivity contribution in [2.75, 3.05) is 0 Å². The minimum Gasteiger partial charge on any atom is -0.504 e. The third-order valence-electron chi connectivity index (χ3n) is 7.35. The number of phenolic OH excluding ortho intramolecular Hbond substituents is 8. The second-order valence-electron chi connectivity index (χ2n) is 11.1. The molecule has 0 aliphatic carbocycles. The van der Waals surface area contributed by atoms with Crippen molar-refractivity contribution in [1.82, 2.24) is 0 Å². The van der Waals surface area contributed by atoms with Gasteiger partial charge in [0.05, 0.1) is 5.57 Å². The molecule has 10 N–H and O–H groups in total. The summed E-state index contributed by atoms with van der Waals surface area (Å²) < 4.78 is 10.4. The topological polar surface area (TPSA) is 289 Å². The van der Waals surface area contributed by atoms with Crippen LogP contribution in [0.15, 0.2) is 72.8 Å². The van der Waals surface area contributed by atoms with E-state index in [4.69, 9.17) is 9.47 Å². The molecule has 52 heavy (non-hydrogen) atoms. The number of esters is 2. The van der Waals surface area contributed by atoms with E-state index in [1.54, 1.807) is 0 Å². The van der Waals surface area contributed by atoms with Crippen molar-refractivity contribution in [3.05, 3.63) is 101 Å². The van der Waals surface area contributed by atoms with Gasteiger partial charge in [-0.05, 0) is 82.9 Å². The van der Waals surface area contributed by atoms with Crippen molar-refractivity contribution < 1.29 is 79.7 Å². The fourth-order valence-electron chi connectivity index (χ4n) is 4.72. The number of hydrogen-bond donors (Lipinski definition) is 10. The molecule has 0 spiro atoms. The largest absolute Gasteiger partial charge is 0.504 e. The lowest BCUT2D eigenvalue weighted by molar-refractivity contribution is -0.160. The Labute approximate surface area is 292 Å². The quantitative estimate of drug-likeness (QED) is 0.0410. The lowest BCUT2D eigenvalue weighted by Crippen LogP contribution is -2.29. The predicted molar refractivity (Wildman–Crippen MR) is 178 cm³/mol. The molecule has 0 aliphatic heterocycles. The molecule has 4 aromatic rings. The molecule has 16 nitrogen and oxygen atoms in total. The first kappa shape index (κ1) is 37.5. The third kappa shape index (κ3) is 9.41. The van der Waals surface area contributed by atoms with Crippen LogP contribution in [0.1, 0.15) is 27.8 Å². The Bertz CT molecular complexity index is 2100. The smallest absolute Gasteiger partial charge is 0.345 e. The van der Waals surface area contributed by atoms with Gasteiger partial charge in [0, 0.05) is 24.5 Å². The molecule has 0 fully saturated rings. The van der Waals surface area contributed by atoms with Crippen molar-refractivity contribution in [2.45, 2.75) is 25.0 Å². The second-order valence-corrected chi connectivity index (χ2v) is 11.1. The highest BCUT2D eigenvalue weighted by Crippen LogP contribution is 2.36. The molecule has 0 amide bonds. The molecule has 0 bridgehead atoms. The first-order valence-corrected chi connectivity index (χ1v) is 14.9. The van der Waals surface area contributed by atoms with E-state index in [0.717, 1.165) is 66.8 Å². The van der Waals surface area contributed by atoms with Gasteiger partial charge in [0.15, 0.2) is 46.0 Å². The number of ether oxygens (including phenoxy) is 2. The van der Waals surface area contributed by atoms with E-state index in [-0.39, 0.29) is 27.8 Å². The van der Waals surface area contributed by atoms with Crippen molar-refractivity contribution in [2.24, 2.45) is 0 Å². The summed E-state index contributed by atoms with van der Waals surface area (Å²) in [6.07, 6.45) is -1.79. The van der Waals surface area contributed by atoms with Crippen molar-refractivity contribution in [3.63, 3.8) is 0 Å². The van der Waals surface area contributed by atoms with E-state index >= 15 is 0 Å². The number of phenols is 8. The number of carboxylic acids is 2. The Morgan fingerprint density at radius 1 is 0.558 bits per heavy atom. The number of carbonyl (C=O) groups excluding carboxylic acids is 2. The second kappa shape index (κ2) is 15.9. The summed E-state index contributed by atoms with van der Waals surface area (Å²) in [5, 5.41) is 98.6. The van der Waals surface area contributed by atoms with E-state index in [0.29, 0.717) is 0 Å². The van der Waals surface area contributed by atoms with Crippen LogP contribution >= 0.6 is 0 Å². The molecule has 4 aromatic carbocycles. The van der Waals surface area contributed by atoms with Crippen LogP contribution < -0.4 is 0 Å². The van der Waals surface area contributed by atoms with Gasteiger partial charge in [-0.2, -0.15) is 0 Å². The number of hydrogen-bond acceptors (Lipinski definition) is 14. The minimum absolute atomic E-state index is 0.0454. The molecule has 0 aliphatic rings. The number of aromatic hydroxyl groups is 8. The highest BCUT2D eigenvalue weighted by atomic mass is 16.6. The monoisotopic (exact) mass is 718 g/mol. The highest BCUT2D eigenvalue weighted by molar-refractivity contribution is 6.23. The Kier molecular flexibility index (Phi) is 11.5. The molecule has 0 aromatic heterocycles. The van der Waals surface area contributed by atoms with Crippen LogP contribution in [0.25, 0.3) is 17.7 Å². The van der Waals surface area contributed by atoms with Gasteiger partial charge in [0.1, 0.15) is 0 Å². The zero-order chi connectivity index (χ0) is 38.3. The van der Waals surface area contributed by atoms with Crippen LogP contribution in [0.4, 0.5) is 0 Å². The number of carbonyl (C=O) groups is 4. The van der Waals surface area contributed by atoms with Crippen LogP contribution in [0, 0.1) is 0 Å². The molecular formula is C36H30O16. The molecule has 2 unspecified atom stereocenters. The molecule has 0 saturated heterocycles. The average Bonchev–Trinajstić information content (AvgIpc) is 3.08. The van der Waals surface area contributed by atoms with Gasteiger partial charge in [-0.1, -0.05) is 18.2 Å². The van der Waals surface area contributed by atoms with E-state index in [9.17, 15) is 70.2 Å². The normalized spacial score (nSPS) is 12.6. The highest BCUT2D eigenvalue weighted by Gasteiger charge is 2.28. The van der Waals surface area contributed by atoms with Crippen molar-refractivity contribution in [1.29, 1.82) is 0 Å². The van der Waals surface area contributed by atoms with Crippen LogP contribution in [-0.4, -0.2) is 87.2 Å². The summed E-state index contributed by atoms with van der Waals surface area (Å²) in [7, 11) is 0. The van der Waals surface area contributed by atoms with Gasteiger partial charge < -0.3 is 60.5 Å². The number of carboxylic acid groups (broad SMARTS) is 2. The van der Waals surface area contributed by atoms with Crippen molar-refractivity contribution in [3.8, 4) is 46.0 Å². The SMILES string of the molecule is O=C(C=Cc1cc(O)c(O)cc1C(=Cc1ccc(O)c(O)c1)C(=O)OC(Cc1ccc(O)c(O)c1)C(=O)O)OC(Cc1ccc(O)c(O)c1)C(=O)O. The maximum Gasteiger partial charge on any atom is 0.345 e. The minimum atomic E-state index is -1.89. The Hall–Kier alpha value is -7.36. The van der Waals surface area contributed by atoms with E-state index in [1.807, 2.05) is 0 Å². The summed E-state index contributed by atoms with van der Waals surface area (Å²) in [6, 6.07) is 12.0. The van der Waals surface area contributed by atoms with Gasteiger partial charge >= 0.3 is 23.9 Å².